The van der Waals surface area contributed by atoms with Crippen LogP contribution < -0.4 is 0 Å². The van der Waals surface area contributed by atoms with Crippen LogP contribution in [0.5, 0.6) is 0 Å². The molecule has 7 heteroatoms. The minimum Gasteiger partial charge on any atom is -0.433 e. The maximum absolute atomic E-state index is 13.2. The first-order chi connectivity index (χ1) is 16.5. The standard InChI is InChI=1S/C27H25N3O4/c1-17(2)15-25(26(31)30-24-14-8-7-13-23(24)28-29-30)34-27(32)33-16-22-20-11-5-3-9-18(20)19-10-4-6-12-21(19)22/h3-14,17,22,25H,15-16H2,1-2H3/t25-/m0/s1. The molecule has 1 heterocycles. The third-order valence-corrected chi connectivity index (χ3v) is 6.09. The minimum absolute atomic E-state index is 0.0848. The Hall–Kier alpha value is -4.00. The number of nitrogens with zero attached hydrogens (tertiary/aromatic N) is 3. The van der Waals surface area contributed by atoms with Crippen LogP contribution in [0.4, 0.5) is 4.79 Å². The van der Waals surface area contributed by atoms with Crippen molar-refractivity contribution >= 4 is 23.1 Å². The van der Waals surface area contributed by atoms with Crippen LogP contribution in [0.25, 0.3) is 22.2 Å². The number of para-hydroxylation sites is 1. The molecule has 4 aromatic rings. The molecule has 0 spiro atoms. The van der Waals surface area contributed by atoms with Crippen molar-refractivity contribution in [1.29, 1.82) is 0 Å². The fraction of sp³-hybridized carbons (Fsp3) is 0.259. The zero-order valence-electron chi connectivity index (χ0n) is 19.0. The first-order valence-electron chi connectivity index (χ1n) is 11.4. The highest BCUT2D eigenvalue weighted by atomic mass is 16.7. The lowest BCUT2D eigenvalue weighted by atomic mass is 9.98. The highest BCUT2D eigenvalue weighted by molar-refractivity contribution is 5.92. The van der Waals surface area contributed by atoms with E-state index in [1.165, 1.54) is 4.68 Å². The first-order valence-corrected chi connectivity index (χ1v) is 11.4. The summed E-state index contributed by atoms with van der Waals surface area (Å²) in [5.74, 6) is -0.417. The van der Waals surface area contributed by atoms with E-state index in [2.05, 4.69) is 34.6 Å². The predicted octanol–water partition coefficient (Wildman–Crippen LogP) is 5.45. The van der Waals surface area contributed by atoms with Gasteiger partial charge in [-0.1, -0.05) is 79.7 Å². The van der Waals surface area contributed by atoms with Crippen LogP contribution in [0.15, 0.2) is 72.8 Å². The summed E-state index contributed by atoms with van der Waals surface area (Å²) in [6.45, 7) is 4.04. The van der Waals surface area contributed by atoms with E-state index in [0.29, 0.717) is 17.5 Å². The van der Waals surface area contributed by atoms with Crippen LogP contribution >= 0.6 is 0 Å². The molecule has 7 nitrogen and oxygen atoms in total. The van der Waals surface area contributed by atoms with E-state index >= 15 is 0 Å². The molecule has 0 saturated heterocycles. The molecule has 1 atom stereocenters. The lowest BCUT2D eigenvalue weighted by molar-refractivity contribution is 0.0117. The number of benzene rings is 3. The van der Waals surface area contributed by atoms with Crippen LogP contribution in [0.3, 0.4) is 0 Å². The van der Waals surface area contributed by atoms with Gasteiger partial charge in [0.1, 0.15) is 12.1 Å². The Bertz CT molecular complexity index is 1320. The largest absolute Gasteiger partial charge is 0.509 e. The van der Waals surface area contributed by atoms with Crippen LogP contribution in [-0.2, 0) is 9.47 Å². The summed E-state index contributed by atoms with van der Waals surface area (Å²) in [5, 5.41) is 8.01. The Morgan fingerprint density at radius 3 is 2.21 bits per heavy atom. The highest BCUT2D eigenvalue weighted by Gasteiger charge is 2.31. The Kier molecular flexibility index (Phi) is 5.84. The fourth-order valence-electron chi connectivity index (χ4n) is 4.54. The Morgan fingerprint density at radius 2 is 1.53 bits per heavy atom. The molecular formula is C27H25N3O4. The molecule has 0 unspecified atom stereocenters. The number of rotatable bonds is 6. The van der Waals surface area contributed by atoms with Gasteiger partial charge in [0.15, 0.2) is 6.10 Å². The molecule has 3 aromatic carbocycles. The lowest BCUT2D eigenvalue weighted by Crippen LogP contribution is -2.34. The topological polar surface area (TPSA) is 83.3 Å². The van der Waals surface area contributed by atoms with Crippen LogP contribution in [0.1, 0.15) is 42.1 Å². The Morgan fingerprint density at radius 1 is 0.912 bits per heavy atom. The number of hydrogen-bond donors (Lipinski definition) is 0. The Labute approximate surface area is 197 Å². The van der Waals surface area contributed by atoms with Gasteiger partial charge >= 0.3 is 6.16 Å². The van der Waals surface area contributed by atoms with Crippen molar-refractivity contribution in [3.63, 3.8) is 0 Å². The van der Waals surface area contributed by atoms with Gasteiger partial charge in [-0.3, -0.25) is 4.79 Å². The van der Waals surface area contributed by atoms with Crippen molar-refractivity contribution in [3.05, 3.63) is 83.9 Å². The van der Waals surface area contributed by atoms with E-state index in [1.807, 2.05) is 44.2 Å². The molecule has 172 valence electrons. The zero-order chi connectivity index (χ0) is 23.7. The first kappa shape index (κ1) is 21.8. The van der Waals surface area contributed by atoms with Gasteiger partial charge in [0.05, 0.1) is 5.52 Å². The SMILES string of the molecule is CC(C)C[C@H](OC(=O)OCC1c2ccccc2-c2ccccc21)C(=O)n1nnc2ccccc21. The van der Waals surface area contributed by atoms with Crippen LogP contribution in [-0.4, -0.2) is 39.8 Å². The van der Waals surface area contributed by atoms with Crippen molar-refractivity contribution in [2.75, 3.05) is 6.61 Å². The van der Waals surface area contributed by atoms with E-state index in [1.54, 1.807) is 18.2 Å². The lowest BCUT2D eigenvalue weighted by Gasteiger charge is -2.19. The van der Waals surface area contributed by atoms with E-state index in [9.17, 15) is 9.59 Å². The van der Waals surface area contributed by atoms with Gasteiger partial charge in [-0.15, -0.1) is 5.10 Å². The van der Waals surface area contributed by atoms with Gasteiger partial charge in [-0.05, 0) is 46.7 Å². The average Bonchev–Trinajstić information content (AvgIpc) is 3.41. The van der Waals surface area contributed by atoms with Crippen LogP contribution in [0, 0.1) is 5.92 Å². The molecule has 0 fully saturated rings. The maximum atomic E-state index is 13.2. The minimum atomic E-state index is -1.03. The normalized spacial score (nSPS) is 13.5. The summed E-state index contributed by atoms with van der Waals surface area (Å²) in [4.78, 5) is 25.9. The predicted molar refractivity (Wildman–Crippen MR) is 128 cm³/mol. The van der Waals surface area contributed by atoms with Crippen molar-refractivity contribution in [2.45, 2.75) is 32.3 Å². The summed E-state index contributed by atoms with van der Waals surface area (Å²) in [6, 6.07) is 23.4. The molecule has 1 aliphatic carbocycles. The molecule has 1 aliphatic rings. The molecule has 5 rings (SSSR count). The molecule has 0 aliphatic heterocycles. The van der Waals surface area contributed by atoms with Gasteiger partial charge < -0.3 is 9.47 Å². The molecule has 0 bridgehead atoms. The second kappa shape index (κ2) is 9.09. The Balaban J connectivity index is 1.32. The number of ether oxygens (including phenoxy) is 2. The zero-order valence-corrected chi connectivity index (χ0v) is 19.0. The molecule has 0 amide bonds. The maximum Gasteiger partial charge on any atom is 0.509 e. The number of fused-ring (bicyclic) bond motifs is 4. The average molecular weight is 456 g/mol. The molecule has 0 saturated carbocycles. The smallest absolute Gasteiger partial charge is 0.433 e. The van der Waals surface area contributed by atoms with Gasteiger partial charge in [-0.2, -0.15) is 4.68 Å². The molecule has 1 aromatic heterocycles. The summed E-state index contributed by atoms with van der Waals surface area (Å²) in [6.07, 6.45) is -1.55. The van der Waals surface area contributed by atoms with Gasteiger partial charge in [0, 0.05) is 5.92 Å². The van der Waals surface area contributed by atoms with E-state index in [4.69, 9.17) is 9.47 Å². The fourth-order valence-corrected chi connectivity index (χ4v) is 4.54. The third kappa shape index (κ3) is 4.05. The van der Waals surface area contributed by atoms with Crippen molar-refractivity contribution in [3.8, 4) is 11.1 Å². The van der Waals surface area contributed by atoms with E-state index < -0.39 is 18.2 Å². The van der Waals surface area contributed by atoms with Crippen LogP contribution in [0.2, 0.25) is 0 Å². The van der Waals surface area contributed by atoms with Gasteiger partial charge in [-0.25, -0.2) is 4.79 Å². The van der Waals surface area contributed by atoms with E-state index in [0.717, 1.165) is 22.3 Å². The summed E-state index contributed by atoms with van der Waals surface area (Å²) in [7, 11) is 0. The monoisotopic (exact) mass is 455 g/mol. The number of aromatic nitrogens is 3. The van der Waals surface area contributed by atoms with Gasteiger partial charge in [0.2, 0.25) is 0 Å². The summed E-state index contributed by atoms with van der Waals surface area (Å²) < 4.78 is 12.3. The van der Waals surface area contributed by atoms with Crippen molar-refractivity contribution in [2.24, 2.45) is 5.92 Å². The number of hydrogen-bond acceptors (Lipinski definition) is 6. The summed E-state index contributed by atoms with van der Waals surface area (Å²) in [5.41, 5.74) is 5.68. The number of carbonyl (C=O) groups excluding carboxylic acids is 2. The molecule has 0 radical (unpaired) electrons. The molecular weight excluding hydrogens is 430 g/mol. The van der Waals surface area contributed by atoms with Crippen molar-refractivity contribution < 1.29 is 19.1 Å². The quantitative estimate of drug-likeness (QED) is 0.360. The second-order valence-electron chi connectivity index (χ2n) is 8.85. The molecule has 0 N–H and O–H groups in total. The molecule has 34 heavy (non-hydrogen) atoms. The second-order valence-corrected chi connectivity index (χ2v) is 8.85. The van der Waals surface area contributed by atoms with E-state index in [-0.39, 0.29) is 18.4 Å². The summed E-state index contributed by atoms with van der Waals surface area (Å²) >= 11 is 0. The van der Waals surface area contributed by atoms with Crippen molar-refractivity contribution in [1.82, 2.24) is 15.0 Å². The highest BCUT2D eigenvalue weighted by Crippen LogP contribution is 2.44. The third-order valence-electron chi connectivity index (χ3n) is 6.09. The number of carbonyl (C=O) groups is 2. The van der Waals surface area contributed by atoms with Gasteiger partial charge in [0.25, 0.3) is 5.91 Å².